The van der Waals surface area contributed by atoms with Gasteiger partial charge in [-0.25, -0.2) is 0 Å². The van der Waals surface area contributed by atoms with E-state index in [1.54, 1.807) is 0 Å². The molecule has 0 aromatic carbocycles. The van der Waals surface area contributed by atoms with E-state index in [-0.39, 0.29) is 0 Å². The van der Waals surface area contributed by atoms with Crippen LogP contribution in [0.2, 0.25) is 0 Å². The summed E-state index contributed by atoms with van der Waals surface area (Å²) in [5.74, 6) is 3.09. The van der Waals surface area contributed by atoms with Crippen LogP contribution in [0.4, 0.5) is 0 Å². The van der Waals surface area contributed by atoms with Gasteiger partial charge >= 0.3 is 31.8 Å². The van der Waals surface area contributed by atoms with Crippen LogP contribution < -0.4 is 0 Å². The SMILES string of the molecule is CC(C)C1CCC2CCCC([S-])C2[N-]1.CC(C)C1CCC2CCCC([S-])C2[N-]1.[Cl][In]. The van der Waals surface area contributed by atoms with Crippen molar-refractivity contribution in [2.24, 2.45) is 23.7 Å². The van der Waals surface area contributed by atoms with Crippen molar-refractivity contribution >= 4 is 57.0 Å². The Kier molecular flexibility index (Phi) is 13.3. The molecule has 0 aromatic rings. The zero-order valence-electron chi connectivity index (χ0n) is 19.5. The molecule has 4 rings (SSSR count). The first-order valence-electron chi connectivity index (χ1n) is 12.3. The minimum absolute atomic E-state index is 0.440. The second-order valence-electron chi connectivity index (χ2n) is 10.5. The van der Waals surface area contributed by atoms with Crippen LogP contribution >= 0.6 is 8.58 Å². The molecule has 2 radical (unpaired) electrons. The topological polar surface area (TPSA) is 28.2 Å². The van der Waals surface area contributed by atoms with E-state index in [0.717, 1.165) is 35.0 Å². The normalized spacial score (nSPS) is 41.0. The Hall–Kier alpha value is 1.78. The van der Waals surface area contributed by atoms with Gasteiger partial charge in [-0.3, -0.25) is 0 Å². The number of fused-ring (bicyclic) bond motifs is 2. The van der Waals surface area contributed by atoms with Gasteiger partial charge < -0.3 is 35.9 Å². The van der Waals surface area contributed by atoms with Crippen LogP contribution in [0, 0.1) is 23.7 Å². The van der Waals surface area contributed by atoms with E-state index in [1.807, 2.05) is 0 Å². The van der Waals surface area contributed by atoms with Crippen molar-refractivity contribution in [1.82, 2.24) is 0 Å². The number of nitrogens with zero attached hydrogens (tertiary/aromatic N) is 2. The molecule has 2 aliphatic carbocycles. The molecule has 2 nitrogen and oxygen atoms in total. The third-order valence-corrected chi connectivity index (χ3v) is 8.82. The van der Waals surface area contributed by atoms with Crippen LogP contribution in [-0.2, 0) is 25.3 Å². The van der Waals surface area contributed by atoms with Crippen molar-refractivity contribution in [2.75, 3.05) is 0 Å². The molecule has 30 heavy (non-hydrogen) atoms. The van der Waals surface area contributed by atoms with Crippen LogP contribution in [0.25, 0.3) is 10.6 Å². The monoisotopic (exact) mass is 572 g/mol. The van der Waals surface area contributed by atoms with Gasteiger partial charge in [-0.2, -0.15) is 22.6 Å². The van der Waals surface area contributed by atoms with Crippen molar-refractivity contribution in [1.29, 1.82) is 0 Å². The van der Waals surface area contributed by atoms with Gasteiger partial charge in [-0.1, -0.05) is 116 Å². The Morgan fingerprint density at radius 3 is 1.33 bits per heavy atom. The molecule has 0 spiro atoms. The number of hydrogen-bond donors (Lipinski definition) is 0. The Bertz CT molecular complexity index is 440. The molecular weight excluding hydrogens is 531 g/mol. The Labute approximate surface area is 216 Å². The zero-order valence-corrected chi connectivity index (χ0v) is 25.2. The first-order valence-corrected chi connectivity index (χ1v) is 17.4. The maximum atomic E-state index is 5.53. The standard InChI is InChI=1S/2C12H22NS.ClH.In/c2*1-8(2)10-7-6-9-4-3-5-11(14)12(9)13-10;;/h2*8-12,14H,3-7H2,1-2H3;1H;/q2*-1;;+1/p-3. The van der Waals surface area contributed by atoms with Gasteiger partial charge in [0.05, 0.1) is 0 Å². The molecule has 0 bridgehead atoms. The second kappa shape index (κ2) is 14.2. The average Bonchev–Trinajstić information content (AvgIpc) is 2.75. The summed E-state index contributed by atoms with van der Waals surface area (Å²) in [7, 11) is 4.77. The van der Waals surface area contributed by atoms with E-state index < -0.39 is 0 Å². The van der Waals surface area contributed by atoms with E-state index >= 15 is 0 Å². The van der Waals surface area contributed by atoms with Crippen LogP contribution in [0.1, 0.15) is 91.9 Å². The van der Waals surface area contributed by atoms with Gasteiger partial charge in [0.1, 0.15) is 0 Å². The van der Waals surface area contributed by atoms with Crippen molar-refractivity contribution in [3.05, 3.63) is 10.6 Å². The van der Waals surface area contributed by atoms with Crippen LogP contribution in [0.3, 0.4) is 0 Å². The molecule has 0 amide bonds. The molecular formula is C24H42ClInN2S2-4. The first kappa shape index (κ1) is 28.0. The molecule has 0 aromatic heterocycles. The fourth-order valence-electron chi connectivity index (χ4n) is 5.89. The van der Waals surface area contributed by atoms with Crippen molar-refractivity contribution in [3.63, 3.8) is 0 Å². The molecule has 4 aliphatic rings. The quantitative estimate of drug-likeness (QED) is 0.339. The fourth-order valence-corrected chi connectivity index (χ4v) is 6.81. The number of halogens is 1. The van der Waals surface area contributed by atoms with E-state index in [0.29, 0.717) is 46.5 Å². The molecule has 2 aliphatic heterocycles. The average molecular weight is 573 g/mol. The summed E-state index contributed by atoms with van der Waals surface area (Å²) >= 11 is 11.9. The van der Waals surface area contributed by atoms with Crippen molar-refractivity contribution in [3.8, 4) is 0 Å². The summed E-state index contributed by atoms with van der Waals surface area (Å²) in [5.41, 5.74) is 0. The summed E-state index contributed by atoms with van der Waals surface area (Å²) in [6, 6.07) is 2.25. The summed E-state index contributed by atoms with van der Waals surface area (Å²) in [5, 5.41) is 10.8. The zero-order chi connectivity index (χ0) is 22.3. The summed E-state index contributed by atoms with van der Waals surface area (Å²) in [6.07, 6.45) is 13.3. The maximum absolute atomic E-state index is 5.53. The van der Waals surface area contributed by atoms with Gasteiger partial charge in [0, 0.05) is 0 Å². The van der Waals surface area contributed by atoms with Gasteiger partial charge in [0.25, 0.3) is 0 Å². The van der Waals surface area contributed by atoms with Crippen molar-refractivity contribution < 1.29 is 0 Å². The van der Waals surface area contributed by atoms with Crippen LogP contribution in [-0.4, -0.2) is 57.9 Å². The number of piperidine rings is 2. The Morgan fingerprint density at radius 1 is 0.633 bits per heavy atom. The predicted molar refractivity (Wildman–Crippen MR) is 139 cm³/mol. The fraction of sp³-hybridized carbons (Fsp3) is 1.00. The summed E-state index contributed by atoms with van der Waals surface area (Å²) in [4.78, 5) is 0. The second-order valence-corrected chi connectivity index (χ2v) is 11.7. The molecule has 8 unspecified atom stereocenters. The molecule has 4 fully saturated rings. The third kappa shape index (κ3) is 7.93. The number of hydrogen-bond acceptors (Lipinski definition) is 2. The predicted octanol–water partition coefficient (Wildman–Crippen LogP) is 6.83. The molecule has 6 heteroatoms. The summed E-state index contributed by atoms with van der Waals surface area (Å²) in [6.45, 7) is 9.15. The third-order valence-electron chi connectivity index (χ3n) is 7.79. The van der Waals surface area contributed by atoms with E-state index in [1.165, 1.54) is 64.2 Å². The Morgan fingerprint density at radius 2 is 1.00 bits per heavy atom. The van der Waals surface area contributed by atoms with Gasteiger partial charge in [0.15, 0.2) is 0 Å². The molecule has 2 saturated carbocycles. The van der Waals surface area contributed by atoms with Gasteiger partial charge in [-0.15, -0.1) is 12.1 Å². The van der Waals surface area contributed by atoms with Gasteiger partial charge in [-0.05, 0) is 0 Å². The van der Waals surface area contributed by atoms with Crippen LogP contribution in [0.15, 0.2) is 0 Å². The molecule has 2 heterocycles. The first-order chi connectivity index (χ1) is 14.4. The number of rotatable bonds is 2. The Balaban J connectivity index is 0.000000197. The molecule has 2 saturated heterocycles. The van der Waals surface area contributed by atoms with Crippen LogP contribution in [0.5, 0.6) is 0 Å². The van der Waals surface area contributed by atoms with E-state index in [4.69, 9.17) is 44.5 Å². The minimum atomic E-state index is 0.440. The van der Waals surface area contributed by atoms with E-state index in [2.05, 4.69) is 27.7 Å². The molecule has 0 N–H and O–H groups in total. The summed E-state index contributed by atoms with van der Waals surface area (Å²) < 4.78 is 0. The van der Waals surface area contributed by atoms with E-state index in [9.17, 15) is 0 Å². The van der Waals surface area contributed by atoms with Crippen molar-refractivity contribution in [2.45, 2.75) is 127 Å². The van der Waals surface area contributed by atoms with Gasteiger partial charge in [0.2, 0.25) is 0 Å². The molecule has 8 atom stereocenters. The molecule has 174 valence electrons.